The Hall–Kier alpha value is -2.48. The van der Waals surface area contributed by atoms with Gasteiger partial charge < -0.3 is 25.6 Å². The van der Waals surface area contributed by atoms with Crippen LogP contribution in [0.1, 0.15) is 30.1 Å². The van der Waals surface area contributed by atoms with Gasteiger partial charge in [-0.05, 0) is 38.0 Å². The van der Waals surface area contributed by atoms with E-state index in [0.717, 1.165) is 0 Å². The van der Waals surface area contributed by atoms with E-state index in [-0.39, 0.29) is 29.1 Å². The van der Waals surface area contributed by atoms with Gasteiger partial charge in [-0.1, -0.05) is 11.6 Å². The summed E-state index contributed by atoms with van der Waals surface area (Å²) >= 11 is 6.12. The number of halogens is 1. The molecule has 8 nitrogen and oxygen atoms in total. The molecule has 1 aromatic rings. The van der Waals surface area contributed by atoms with Gasteiger partial charge in [-0.2, -0.15) is 0 Å². The summed E-state index contributed by atoms with van der Waals surface area (Å²) in [6.07, 6.45) is 0.976. The van der Waals surface area contributed by atoms with Crippen molar-refractivity contribution in [3.05, 3.63) is 28.8 Å². The van der Waals surface area contributed by atoms with Gasteiger partial charge in [-0.25, -0.2) is 9.59 Å². The molecule has 1 heterocycles. The standard InChI is InChI=1S/C17H23ClN4O4/c1-3-26-17(25)22-8-6-12(7-9-22)20-16(24)21-14-5-4-11(10-13(14)18)15(23)19-2/h4-5,10,12H,3,6-9H2,1-2H3,(H,19,23)(H2,20,21,24). The Balaban J connectivity index is 1.84. The van der Waals surface area contributed by atoms with Crippen LogP contribution in [0.2, 0.25) is 5.02 Å². The van der Waals surface area contributed by atoms with E-state index in [1.54, 1.807) is 24.0 Å². The van der Waals surface area contributed by atoms with Crippen LogP contribution in [0.25, 0.3) is 0 Å². The number of anilines is 1. The minimum atomic E-state index is -0.380. The van der Waals surface area contributed by atoms with Crippen molar-refractivity contribution in [2.24, 2.45) is 0 Å². The van der Waals surface area contributed by atoms with E-state index in [9.17, 15) is 14.4 Å². The van der Waals surface area contributed by atoms with Gasteiger partial charge in [0.05, 0.1) is 17.3 Å². The zero-order valence-electron chi connectivity index (χ0n) is 14.8. The molecule has 26 heavy (non-hydrogen) atoms. The van der Waals surface area contributed by atoms with E-state index >= 15 is 0 Å². The molecule has 0 atom stereocenters. The number of benzene rings is 1. The molecule has 1 saturated heterocycles. The van der Waals surface area contributed by atoms with Crippen molar-refractivity contribution in [2.45, 2.75) is 25.8 Å². The summed E-state index contributed by atoms with van der Waals surface area (Å²) in [4.78, 5) is 37.0. The van der Waals surface area contributed by atoms with Gasteiger partial charge in [-0.15, -0.1) is 0 Å². The highest BCUT2D eigenvalue weighted by atomic mass is 35.5. The average molecular weight is 383 g/mol. The van der Waals surface area contributed by atoms with Crippen LogP contribution in [-0.4, -0.2) is 55.7 Å². The molecule has 142 valence electrons. The van der Waals surface area contributed by atoms with Gasteiger partial charge in [0.1, 0.15) is 0 Å². The molecule has 2 rings (SSSR count). The quantitative estimate of drug-likeness (QED) is 0.744. The van der Waals surface area contributed by atoms with Crippen molar-refractivity contribution >= 4 is 35.3 Å². The molecule has 1 aliphatic heterocycles. The lowest BCUT2D eigenvalue weighted by atomic mass is 10.1. The molecule has 0 radical (unpaired) electrons. The molecule has 0 spiro atoms. The lowest BCUT2D eigenvalue weighted by molar-refractivity contribution is 0.0952. The highest BCUT2D eigenvalue weighted by molar-refractivity contribution is 6.34. The number of hydrogen-bond acceptors (Lipinski definition) is 4. The Morgan fingerprint density at radius 1 is 1.27 bits per heavy atom. The molecular weight excluding hydrogens is 360 g/mol. The lowest BCUT2D eigenvalue weighted by Gasteiger charge is -2.31. The molecule has 9 heteroatoms. The smallest absolute Gasteiger partial charge is 0.409 e. The molecule has 0 saturated carbocycles. The van der Waals surface area contributed by atoms with E-state index in [0.29, 0.717) is 43.8 Å². The van der Waals surface area contributed by atoms with Gasteiger partial charge in [-0.3, -0.25) is 4.79 Å². The number of nitrogens with one attached hydrogen (secondary N) is 3. The predicted molar refractivity (Wildman–Crippen MR) is 98.6 cm³/mol. The fourth-order valence-electron chi connectivity index (χ4n) is 2.67. The van der Waals surface area contributed by atoms with Crippen molar-refractivity contribution in [3.8, 4) is 0 Å². The van der Waals surface area contributed by atoms with Gasteiger partial charge in [0, 0.05) is 31.7 Å². The second-order valence-electron chi connectivity index (χ2n) is 5.83. The minimum Gasteiger partial charge on any atom is -0.450 e. The summed E-state index contributed by atoms with van der Waals surface area (Å²) in [7, 11) is 1.53. The number of rotatable bonds is 4. The number of amides is 4. The van der Waals surface area contributed by atoms with Crippen LogP contribution < -0.4 is 16.0 Å². The number of carbonyl (C=O) groups is 3. The first-order valence-electron chi connectivity index (χ1n) is 8.45. The van der Waals surface area contributed by atoms with E-state index in [1.165, 1.54) is 13.1 Å². The number of hydrogen-bond donors (Lipinski definition) is 3. The topological polar surface area (TPSA) is 99.8 Å². The summed E-state index contributed by atoms with van der Waals surface area (Å²) in [6, 6.07) is 4.24. The highest BCUT2D eigenvalue weighted by Gasteiger charge is 2.24. The molecule has 3 N–H and O–H groups in total. The molecule has 4 amide bonds. The third-order valence-electron chi connectivity index (χ3n) is 4.06. The Morgan fingerprint density at radius 3 is 2.54 bits per heavy atom. The van der Waals surface area contributed by atoms with Crippen molar-refractivity contribution in [3.63, 3.8) is 0 Å². The Morgan fingerprint density at radius 2 is 1.96 bits per heavy atom. The summed E-state index contributed by atoms with van der Waals surface area (Å²) in [5, 5.41) is 8.33. The van der Waals surface area contributed by atoms with Crippen LogP contribution in [0, 0.1) is 0 Å². The maximum Gasteiger partial charge on any atom is 0.409 e. The third kappa shape index (κ3) is 5.26. The molecule has 1 aliphatic rings. The number of carbonyl (C=O) groups excluding carboxylic acids is 3. The SMILES string of the molecule is CCOC(=O)N1CCC(NC(=O)Nc2ccc(C(=O)NC)cc2Cl)CC1. The first kappa shape index (κ1) is 19.8. The second-order valence-corrected chi connectivity index (χ2v) is 6.24. The van der Waals surface area contributed by atoms with Crippen molar-refractivity contribution < 1.29 is 19.1 Å². The summed E-state index contributed by atoms with van der Waals surface area (Å²) in [5.41, 5.74) is 0.829. The summed E-state index contributed by atoms with van der Waals surface area (Å²) in [6.45, 7) is 3.18. The van der Waals surface area contributed by atoms with Gasteiger partial charge in [0.25, 0.3) is 5.91 Å². The average Bonchev–Trinajstić information content (AvgIpc) is 2.63. The lowest BCUT2D eigenvalue weighted by Crippen LogP contribution is -2.47. The first-order chi connectivity index (χ1) is 12.4. The van der Waals surface area contributed by atoms with E-state index in [4.69, 9.17) is 16.3 Å². The molecule has 1 fully saturated rings. The fourth-order valence-corrected chi connectivity index (χ4v) is 2.89. The molecule has 0 unspecified atom stereocenters. The number of nitrogens with zero attached hydrogens (tertiary/aromatic N) is 1. The van der Waals surface area contributed by atoms with Crippen LogP contribution in [0.4, 0.5) is 15.3 Å². The van der Waals surface area contributed by atoms with Crippen LogP contribution in [0.5, 0.6) is 0 Å². The largest absolute Gasteiger partial charge is 0.450 e. The number of piperidine rings is 1. The van der Waals surface area contributed by atoms with Crippen molar-refractivity contribution in [1.29, 1.82) is 0 Å². The molecule has 0 aliphatic carbocycles. The number of ether oxygens (including phenoxy) is 1. The molecule has 0 aromatic heterocycles. The van der Waals surface area contributed by atoms with Gasteiger partial charge in [0.15, 0.2) is 0 Å². The van der Waals surface area contributed by atoms with Crippen LogP contribution in [-0.2, 0) is 4.74 Å². The maximum atomic E-state index is 12.2. The van der Waals surface area contributed by atoms with Crippen molar-refractivity contribution in [2.75, 3.05) is 32.1 Å². The van der Waals surface area contributed by atoms with E-state index in [2.05, 4.69) is 16.0 Å². The Kier molecular flexibility index (Phi) is 7.08. The van der Waals surface area contributed by atoms with Crippen LogP contribution >= 0.6 is 11.6 Å². The van der Waals surface area contributed by atoms with E-state index < -0.39 is 0 Å². The van der Waals surface area contributed by atoms with Crippen LogP contribution in [0.15, 0.2) is 18.2 Å². The fraction of sp³-hybridized carbons (Fsp3) is 0.471. The van der Waals surface area contributed by atoms with E-state index in [1.807, 2.05) is 0 Å². The zero-order chi connectivity index (χ0) is 19.1. The maximum absolute atomic E-state index is 12.2. The minimum absolute atomic E-state index is 0.0374. The van der Waals surface area contributed by atoms with Gasteiger partial charge in [0.2, 0.25) is 0 Å². The Bertz CT molecular complexity index is 675. The van der Waals surface area contributed by atoms with Crippen molar-refractivity contribution in [1.82, 2.24) is 15.5 Å². The summed E-state index contributed by atoms with van der Waals surface area (Å²) < 4.78 is 4.97. The summed E-state index contributed by atoms with van der Waals surface area (Å²) in [5.74, 6) is -0.253. The van der Waals surface area contributed by atoms with Crippen LogP contribution in [0.3, 0.4) is 0 Å². The molecule has 0 bridgehead atoms. The zero-order valence-corrected chi connectivity index (χ0v) is 15.6. The molecular formula is C17H23ClN4O4. The normalized spacial score (nSPS) is 14.5. The number of likely N-dealkylation sites (tertiary alicyclic amines) is 1. The first-order valence-corrected chi connectivity index (χ1v) is 8.83. The number of urea groups is 1. The Labute approximate surface area is 157 Å². The van der Waals surface area contributed by atoms with Gasteiger partial charge >= 0.3 is 12.1 Å². The third-order valence-corrected chi connectivity index (χ3v) is 4.38. The second kappa shape index (κ2) is 9.28. The monoisotopic (exact) mass is 382 g/mol. The highest BCUT2D eigenvalue weighted by Crippen LogP contribution is 2.23. The predicted octanol–water partition coefficient (Wildman–Crippen LogP) is 2.44. The molecule has 1 aromatic carbocycles.